The lowest BCUT2D eigenvalue weighted by Gasteiger charge is -2.13. The Labute approximate surface area is 183 Å². The van der Waals surface area contributed by atoms with Gasteiger partial charge in [0, 0.05) is 6.07 Å². The highest BCUT2D eigenvalue weighted by Gasteiger charge is 2.32. The van der Waals surface area contributed by atoms with Gasteiger partial charge in [-0.25, -0.2) is 4.79 Å². The molecule has 0 bridgehead atoms. The van der Waals surface area contributed by atoms with Gasteiger partial charge in [0.25, 0.3) is 5.69 Å². The number of hydrogen-bond acceptors (Lipinski definition) is 6. The van der Waals surface area contributed by atoms with Crippen LogP contribution in [0.4, 0.5) is 18.9 Å². The van der Waals surface area contributed by atoms with Crippen LogP contribution in [0, 0.1) is 21.4 Å². The summed E-state index contributed by atoms with van der Waals surface area (Å²) >= 11 is 11.7. The molecule has 0 fully saturated rings. The minimum absolute atomic E-state index is 0.0198. The summed E-state index contributed by atoms with van der Waals surface area (Å²) < 4.78 is 48.7. The second kappa shape index (κ2) is 9.68. The molecule has 2 rings (SSSR count). The summed E-state index contributed by atoms with van der Waals surface area (Å²) in [6.45, 7) is 1.50. The first kappa shape index (κ1) is 24.0. The van der Waals surface area contributed by atoms with Crippen molar-refractivity contribution in [1.29, 1.82) is 5.26 Å². The number of rotatable bonds is 6. The van der Waals surface area contributed by atoms with Crippen LogP contribution in [0.15, 0.2) is 35.9 Å². The highest BCUT2D eigenvalue weighted by Crippen LogP contribution is 2.42. The van der Waals surface area contributed by atoms with Crippen molar-refractivity contribution in [2.24, 2.45) is 0 Å². The van der Waals surface area contributed by atoms with E-state index in [0.29, 0.717) is 12.1 Å². The van der Waals surface area contributed by atoms with Crippen molar-refractivity contribution in [3.05, 3.63) is 67.2 Å². The topological polar surface area (TPSA) is 102 Å². The zero-order valence-electron chi connectivity index (χ0n) is 15.5. The van der Waals surface area contributed by atoms with Gasteiger partial charge in [-0.2, -0.15) is 18.4 Å². The number of halogens is 5. The minimum Gasteiger partial charge on any atom is -0.462 e. The second-order valence-corrected chi connectivity index (χ2v) is 6.55. The Bertz CT molecular complexity index is 1090. The van der Waals surface area contributed by atoms with E-state index in [1.54, 1.807) is 6.07 Å². The van der Waals surface area contributed by atoms with Gasteiger partial charge >= 0.3 is 12.1 Å². The Morgan fingerprint density at radius 2 is 1.87 bits per heavy atom. The molecule has 0 heterocycles. The van der Waals surface area contributed by atoms with Crippen LogP contribution >= 0.6 is 23.2 Å². The second-order valence-electron chi connectivity index (χ2n) is 5.74. The average Bonchev–Trinajstić information content (AvgIpc) is 2.68. The molecule has 0 aromatic heterocycles. The molecule has 31 heavy (non-hydrogen) atoms. The highest BCUT2D eigenvalue weighted by molar-refractivity contribution is 6.37. The summed E-state index contributed by atoms with van der Waals surface area (Å²) in [5, 5.41) is 19.5. The molecule has 0 spiro atoms. The smallest absolute Gasteiger partial charge is 0.416 e. The molecule has 12 heteroatoms. The van der Waals surface area contributed by atoms with E-state index in [9.17, 15) is 28.1 Å². The molecule has 0 radical (unpaired) electrons. The van der Waals surface area contributed by atoms with Gasteiger partial charge in [0.1, 0.15) is 17.4 Å². The molecule has 0 N–H and O–H groups in total. The Hall–Kier alpha value is -3.29. The van der Waals surface area contributed by atoms with E-state index in [0.717, 1.165) is 24.3 Å². The molecule has 0 aliphatic carbocycles. The molecule has 2 aromatic rings. The number of benzene rings is 2. The summed E-state index contributed by atoms with van der Waals surface area (Å²) in [7, 11) is 0. The fourth-order valence-corrected chi connectivity index (χ4v) is 2.88. The Balaban J connectivity index is 2.51. The van der Waals surface area contributed by atoms with Crippen molar-refractivity contribution in [3.63, 3.8) is 0 Å². The first-order chi connectivity index (χ1) is 14.5. The van der Waals surface area contributed by atoms with Crippen molar-refractivity contribution in [2.45, 2.75) is 13.1 Å². The first-order valence-electron chi connectivity index (χ1n) is 8.29. The number of nitriles is 1. The standard InChI is InChI=1S/C19H11Cl2F3N2O5/c1-2-30-18(27)11(9-25)5-10-6-13(3-4-16(10)26(28)29)31-17-14(20)7-12(8-15(17)21)19(22,23)24/h3-8H,2H2,1H3/b11-5+. The Morgan fingerprint density at radius 1 is 1.26 bits per heavy atom. The third-order valence-corrected chi connectivity index (χ3v) is 4.22. The summed E-state index contributed by atoms with van der Waals surface area (Å²) in [6.07, 6.45) is -3.75. The van der Waals surface area contributed by atoms with Gasteiger partial charge < -0.3 is 9.47 Å². The predicted molar refractivity (Wildman–Crippen MR) is 105 cm³/mol. The lowest BCUT2D eigenvalue weighted by atomic mass is 10.1. The maximum absolute atomic E-state index is 12.9. The molecule has 7 nitrogen and oxygen atoms in total. The lowest BCUT2D eigenvalue weighted by molar-refractivity contribution is -0.385. The monoisotopic (exact) mass is 474 g/mol. The predicted octanol–water partition coefficient (Wildman–Crippen LogP) is 6.18. The molecule has 0 saturated heterocycles. The molecule has 0 aliphatic heterocycles. The normalized spacial score (nSPS) is 11.6. The van der Waals surface area contributed by atoms with Gasteiger partial charge in [-0.05, 0) is 37.3 Å². The summed E-state index contributed by atoms with van der Waals surface area (Å²) in [5.41, 5.74) is -2.25. The molecule has 0 aliphatic rings. The largest absolute Gasteiger partial charge is 0.462 e. The third-order valence-electron chi connectivity index (χ3n) is 3.66. The maximum atomic E-state index is 12.9. The molecule has 0 amide bonds. The van der Waals surface area contributed by atoms with Gasteiger partial charge in [-0.1, -0.05) is 23.2 Å². The number of esters is 1. The van der Waals surface area contributed by atoms with Gasteiger partial charge in [0.05, 0.1) is 32.7 Å². The zero-order valence-corrected chi connectivity index (χ0v) is 17.0. The van der Waals surface area contributed by atoms with Crippen molar-refractivity contribution < 1.29 is 32.4 Å². The number of nitro groups is 1. The fourth-order valence-electron chi connectivity index (χ4n) is 2.32. The van der Waals surface area contributed by atoms with E-state index >= 15 is 0 Å². The van der Waals surface area contributed by atoms with E-state index in [-0.39, 0.29) is 23.7 Å². The number of nitrogens with zero attached hydrogens (tertiary/aromatic N) is 2. The lowest BCUT2D eigenvalue weighted by Crippen LogP contribution is -2.06. The Kier molecular flexibility index (Phi) is 7.49. The summed E-state index contributed by atoms with van der Waals surface area (Å²) in [5.74, 6) is -1.40. The molecule has 0 saturated carbocycles. The van der Waals surface area contributed by atoms with E-state index in [1.807, 2.05) is 0 Å². The van der Waals surface area contributed by atoms with E-state index in [2.05, 4.69) is 0 Å². The van der Waals surface area contributed by atoms with Crippen molar-refractivity contribution in [3.8, 4) is 17.6 Å². The first-order valence-corrected chi connectivity index (χ1v) is 9.05. The molecule has 2 aromatic carbocycles. The van der Waals surface area contributed by atoms with Crippen LogP contribution < -0.4 is 4.74 Å². The van der Waals surface area contributed by atoms with Crippen molar-refractivity contribution >= 4 is 40.9 Å². The minimum atomic E-state index is -4.68. The number of nitro benzene ring substituents is 1. The maximum Gasteiger partial charge on any atom is 0.416 e. The van der Waals surface area contributed by atoms with E-state index in [4.69, 9.17) is 37.9 Å². The average molecular weight is 475 g/mol. The molecule has 162 valence electrons. The zero-order chi connectivity index (χ0) is 23.3. The molecular formula is C19H11Cl2F3N2O5. The number of carbonyl (C=O) groups excluding carboxylic acids is 1. The Morgan fingerprint density at radius 3 is 2.35 bits per heavy atom. The van der Waals surface area contributed by atoms with Gasteiger partial charge in [0.15, 0.2) is 5.75 Å². The number of ether oxygens (including phenoxy) is 2. The fraction of sp³-hybridized carbons (Fsp3) is 0.158. The molecule has 0 unspecified atom stereocenters. The van der Waals surface area contributed by atoms with Crippen LogP contribution in [0.25, 0.3) is 6.08 Å². The third kappa shape index (κ3) is 5.87. The summed E-state index contributed by atoms with van der Waals surface area (Å²) in [6, 6.07) is 6.08. The van der Waals surface area contributed by atoms with Gasteiger partial charge in [-0.3, -0.25) is 10.1 Å². The van der Waals surface area contributed by atoms with Gasteiger partial charge in [0.2, 0.25) is 0 Å². The highest BCUT2D eigenvalue weighted by atomic mass is 35.5. The van der Waals surface area contributed by atoms with Crippen molar-refractivity contribution in [1.82, 2.24) is 0 Å². The van der Waals surface area contributed by atoms with E-state index in [1.165, 1.54) is 6.92 Å². The number of carbonyl (C=O) groups is 1. The van der Waals surface area contributed by atoms with Crippen LogP contribution in [0.3, 0.4) is 0 Å². The van der Waals surface area contributed by atoms with Crippen LogP contribution in [-0.4, -0.2) is 17.5 Å². The van der Waals surface area contributed by atoms with E-state index < -0.39 is 43.9 Å². The van der Waals surface area contributed by atoms with Crippen molar-refractivity contribution in [2.75, 3.05) is 6.61 Å². The van der Waals surface area contributed by atoms with Crippen LogP contribution in [-0.2, 0) is 15.7 Å². The van der Waals surface area contributed by atoms with Crippen LogP contribution in [0.2, 0.25) is 10.0 Å². The van der Waals surface area contributed by atoms with Crippen LogP contribution in [0.1, 0.15) is 18.1 Å². The SMILES string of the molecule is CCOC(=O)/C(C#N)=C/c1cc(Oc2c(Cl)cc(C(F)(F)F)cc2Cl)ccc1[N+](=O)[O-]. The molecule has 0 atom stereocenters. The number of alkyl halides is 3. The van der Waals surface area contributed by atoms with Gasteiger partial charge in [-0.15, -0.1) is 0 Å². The number of hydrogen-bond donors (Lipinski definition) is 0. The molecular weight excluding hydrogens is 464 g/mol. The quantitative estimate of drug-likeness (QED) is 0.163. The van der Waals surface area contributed by atoms with Crippen LogP contribution in [0.5, 0.6) is 11.5 Å². The summed E-state index contributed by atoms with van der Waals surface area (Å²) in [4.78, 5) is 22.3.